The van der Waals surface area contributed by atoms with Crippen LogP contribution in [0.5, 0.6) is 5.75 Å². The molecule has 0 bridgehead atoms. The molecule has 0 saturated carbocycles. The van der Waals surface area contributed by atoms with Crippen molar-refractivity contribution < 1.29 is 9.66 Å². The first-order valence-corrected chi connectivity index (χ1v) is 11.7. The Hall–Kier alpha value is -5.56. The van der Waals surface area contributed by atoms with Crippen molar-refractivity contribution in [3.8, 4) is 28.8 Å². The number of aromatic amines is 1. The van der Waals surface area contributed by atoms with Gasteiger partial charge in [0.25, 0.3) is 5.56 Å². The summed E-state index contributed by atoms with van der Waals surface area (Å²) in [6, 6.07) is 22.9. The van der Waals surface area contributed by atoms with E-state index >= 15 is 0 Å². The second-order valence-corrected chi connectivity index (χ2v) is 8.19. The van der Waals surface area contributed by atoms with E-state index in [1.165, 1.54) is 12.1 Å². The van der Waals surface area contributed by atoms with Crippen LogP contribution in [-0.2, 0) is 0 Å². The van der Waals surface area contributed by atoms with Gasteiger partial charge in [-0.05, 0) is 49.4 Å². The molecule has 38 heavy (non-hydrogen) atoms. The molecule has 0 spiro atoms. The molecule has 5 rings (SSSR count). The highest BCUT2D eigenvalue weighted by Gasteiger charge is 2.20. The highest BCUT2D eigenvalue weighted by atomic mass is 16.6. The summed E-state index contributed by atoms with van der Waals surface area (Å²) in [7, 11) is 0. The predicted molar refractivity (Wildman–Crippen MR) is 143 cm³/mol. The molecule has 10 nitrogen and oxygen atoms in total. The van der Waals surface area contributed by atoms with Crippen LogP contribution in [0, 0.1) is 21.4 Å². The molecule has 0 aliphatic carbocycles. The third-order valence-corrected chi connectivity index (χ3v) is 5.78. The Kier molecular flexibility index (Phi) is 6.48. The fourth-order valence-electron chi connectivity index (χ4n) is 4.04. The maximum Gasteiger partial charge on any atom is 0.311 e. The fourth-order valence-corrected chi connectivity index (χ4v) is 4.04. The number of para-hydroxylation sites is 2. The van der Waals surface area contributed by atoms with Crippen molar-refractivity contribution in [2.75, 3.05) is 6.61 Å². The third-order valence-electron chi connectivity index (χ3n) is 5.78. The molecule has 0 fully saturated rings. The molecule has 0 radical (unpaired) electrons. The van der Waals surface area contributed by atoms with E-state index in [-0.39, 0.29) is 35.0 Å². The average molecular weight is 505 g/mol. The summed E-state index contributed by atoms with van der Waals surface area (Å²) >= 11 is 0. The first-order valence-electron chi connectivity index (χ1n) is 11.7. The number of nitriles is 1. The van der Waals surface area contributed by atoms with Gasteiger partial charge in [0.2, 0.25) is 0 Å². The number of fused-ring (bicyclic) bond motifs is 1. The standard InChI is InChI=1S/C28H20N6O4/c1-2-38-25-13-12-18(15-24(25)34(36)37)26-20(17-33(32-26)21-8-4-3-5-9-21)14-19(16-29)27-30-23-11-7-6-10-22(23)28(35)31-27/h3-15,17H,2H2,1H3,(H,30,31,35)/b19-14+. The number of hydrogen-bond acceptors (Lipinski definition) is 7. The fraction of sp³-hybridized carbons (Fsp3) is 0.0714. The first-order chi connectivity index (χ1) is 18.5. The molecular formula is C28H20N6O4. The summed E-state index contributed by atoms with van der Waals surface area (Å²) in [5.41, 5.74) is 2.10. The second kappa shape index (κ2) is 10.2. The van der Waals surface area contributed by atoms with Gasteiger partial charge in [0.15, 0.2) is 11.6 Å². The summed E-state index contributed by atoms with van der Waals surface area (Å²) < 4.78 is 7.04. The van der Waals surface area contributed by atoms with E-state index in [0.29, 0.717) is 27.7 Å². The summed E-state index contributed by atoms with van der Waals surface area (Å²) in [4.78, 5) is 31.0. The molecule has 5 aromatic rings. The number of nitro groups is 1. The lowest BCUT2D eigenvalue weighted by Gasteiger charge is -2.06. The number of rotatable bonds is 7. The minimum absolute atomic E-state index is 0.0992. The molecule has 1 N–H and O–H groups in total. The molecule has 2 aromatic heterocycles. The number of nitrogens with one attached hydrogen (secondary N) is 1. The summed E-state index contributed by atoms with van der Waals surface area (Å²) in [6.45, 7) is 2.02. The van der Waals surface area contributed by atoms with Gasteiger partial charge in [-0.3, -0.25) is 14.9 Å². The second-order valence-electron chi connectivity index (χ2n) is 8.19. The minimum atomic E-state index is -0.511. The molecule has 186 valence electrons. The van der Waals surface area contributed by atoms with Crippen LogP contribution in [0.3, 0.4) is 0 Å². The lowest BCUT2D eigenvalue weighted by Crippen LogP contribution is -2.11. The SMILES string of the molecule is CCOc1ccc(-c2nn(-c3ccccc3)cc2/C=C(\C#N)c2nc3ccccc3c(=O)[nH]2)cc1[N+](=O)[O-]. The van der Waals surface area contributed by atoms with Crippen LogP contribution in [0.1, 0.15) is 18.3 Å². The zero-order chi connectivity index (χ0) is 26.6. The largest absolute Gasteiger partial charge is 0.487 e. The van der Waals surface area contributed by atoms with Crippen molar-refractivity contribution in [2.45, 2.75) is 6.92 Å². The Labute approximate surface area is 216 Å². The van der Waals surface area contributed by atoms with Crippen molar-refractivity contribution in [3.05, 3.63) is 111 Å². The Morgan fingerprint density at radius 2 is 1.92 bits per heavy atom. The van der Waals surface area contributed by atoms with Gasteiger partial charge in [-0.15, -0.1) is 0 Å². The number of nitrogens with zero attached hydrogens (tertiary/aromatic N) is 5. The van der Waals surface area contributed by atoms with Gasteiger partial charge >= 0.3 is 5.69 Å². The van der Waals surface area contributed by atoms with Crippen LogP contribution < -0.4 is 10.3 Å². The zero-order valence-corrected chi connectivity index (χ0v) is 20.2. The van der Waals surface area contributed by atoms with Gasteiger partial charge in [0.1, 0.15) is 11.8 Å². The number of hydrogen-bond donors (Lipinski definition) is 1. The molecule has 0 unspecified atom stereocenters. The first kappa shape index (κ1) is 24.1. The Balaban J connectivity index is 1.70. The zero-order valence-electron chi connectivity index (χ0n) is 20.2. The van der Waals surface area contributed by atoms with Gasteiger partial charge < -0.3 is 9.72 Å². The van der Waals surface area contributed by atoms with Gasteiger partial charge in [0, 0.05) is 23.4 Å². The molecular weight excluding hydrogens is 484 g/mol. The van der Waals surface area contributed by atoms with E-state index in [4.69, 9.17) is 4.74 Å². The topological polar surface area (TPSA) is 140 Å². The maximum absolute atomic E-state index is 12.6. The summed E-state index contributed by atoms with van der Waals surface area (Å²) in [5, 5.41) is 26.8. The van der Waals surface area contributed by atoms with E-state index < -0.39 is 4.92 Å². The molecule has 0 saturated heterocycles. The van der Waals surface area contributed by atoms with Crippen LogP contribution >= 0.6 is 0 Å². The smallest absolute Gasteiger partial charge is 0.311 e. The lowest BCUT2D eigenvalue weighted by atomic mass is 10.0. The Bertz CT molecular complexity index is 1800. The molecule has 2 heterocycles. The van der Waals surface area contributed by atoms with Crippen LogP contribution in [0.15, 0.2) is 83.8 Å². The Morgan fingerprint density at radius 3 is 2.66 bits per heavy atom. The van der Waals surface area contributed by atoms with E-state index in [1.54, 1.807) is 54.2 Å². The van der Waals surface area contributed by atoms with Gasteiger partial charge in [-0.2, -0.15) is 10.4 Å². The number of allylic oxidation sites excluding steroid dienone is 1. The molecule has 0 aliphatic rings. The third kappa shape index (κ3) is 4.64. The molecule has 0 aliphatic heterocycles. The van der Waals surface area contributed by atoms with Gasteiger partial charge in [-0.1, -0.05) is 30.3 Å². The van der Waals surface area contributed by atoms with Crippen LogP contribution in [0.4, 0.5) is 5.69 Å². The predicted octanol–water partition coefficient (Wildman–Crippen LogP) is 5.15. The summed E-state index contributed by atoms with van der Waals surface area (Å²) in [5.74, 6) is 0.253. The molecule has 0 atom stereocenters. The number of ether oxygens (including phenoxy) is 1. The van der Waals surface area contributed by atoms with Gasteiger partial charge in [-0.25, -0.2) is 9.67 Å². The molecule has 3 aromatic carbocycles. The monoisotopic (exact) mass is 504 g/mol. The van der Waals surface area contributed by atoms with Crippen molar-refractivity contribution in [1.82, 2.24) is 19.7 Å². The average Bonchev–Trinajstić information content (AvgIpc) is 3.36. The lowest BCUT2D eigenvalue weighted by molar-refractivity contribution is -0.385. The van der Waals surface area contributed by atoms with E-state index in [9.17, 15) is 20.2 Å². The van der Waals surface area contributed by atoms with Crippen molar-refractivity contribution in [2.24, 2.45) is 0 Å². The minimum Gasteiger partial charge on any atom is -0.487 e. The normalized spacial score (nSPS) is 11.3. The summed E-state index contributed by atoms with van der Waals surface area (Å²) in [6.07, 6.45) is 3.26. The molecule has 0 amide bonds. The van der Waals surface area contributed by atoms with E-state index in [1.807, 2.05) is 30.3 Å². The quantitative estimate of drug-likeness (QED) is 0.184. The van der Waals surface area contributed by atoms with E-state index in [2.05, 4.69) is 21.1 Å². The van der Waals surface area contributed by atoms with Crippen molar-refractivity contribution >= 4 is 28.2 Å². The van der Waals surface area contributed by atoms with Crippen LogP contribution in [-0.4, -0.2) is 31.3 Å². The van der Waals surface area contributed by atoms with Crippen molar-refractivity contribution in [3.63, 3.8) is 0 Å². The number of nitro benzene ring substituents is 1. The van der Waals surface area contributed by atoms with Gasteiger partial charge in [0.05, 0.1) is 33.7 Å². The molecule has 10 heteroatoms. The maximum atomic E-state index is 12.6. The highest BCUT2D eigenvalue weighted by molar-refractivity contribution is 5.92. The Morgan fingerprint density at radius 1 is 1.16 bits per heavy atom. The number of benzene rings is 3. The number of aromatic nitrogens is 4. The van der Waals surface area contributed by atoms with Crippen molar-refractivity contribution in [1.29, 1.82) is 5.26 Å². The van der Waals surface area contributed by atoms with E-state index in [0.717, 1.165) is 5.69 Å². The number of H-pyrrole nitrogens is 1. The highest BCUT2D eigenvalue weighted by Crippen LogP contribution is 2.34. The van der Waals surface area contributed by atoms with Crippen LogP contribution in [0.25, 0.3) is 39.5 Å². The van der Waals surface area contributed by atoms with Crippen LogP contribution in [0.2, 0.25) is 0 Å².